The molecular weight excluding hydrogens is 330 g/mol. The number of aryl methyl sites for hydroxylation is 2. The Morgan fingerprint density at radius 2 is 1.87 bits per heavy atom. The van der Waals surface area contributed by atoms with Gasteiger partial charge in [-0.2, -0.15) is 4.98 Å². The Morgan fingerprint density at radius 3 is 2.57 bits per heavy atom. The Labute approximate surface area is 145 Å². The monoisotopic (exact) mass is 348 g/mol. The molecule has 23 heavy (non-hydrogen) atoms. The summed E-state index contributed by atoms with van der Waals surface area (Å²) in [7, 11) is 2.13. The van der Waals surface area contributed by atoms with E-state index in [9.17, 15) is 0 Å². The van der Waals surface area contributed by atoms with Crippen LogP contribution in [-0.4, -0.2) is 26.2 Å². The predicted octanol–water partition coefficient (Wildman–Crippen LogP) is 2.20. The molecule has 0 saturated heterocycles. The maximum Gasteiger partial charge on any atom is 0.252 e. The Morgan fingerprint density at radius 1 is 1.17 bits per heavy atom. The fraction of sp³-hybridized carbons (Fsp3) is 0.312. The number of nitrogens with one attached hydrogen (secondary N) is 1. The second kappa shape index (κ2) is 6.39. The quantitative estimate of drug-likeness (QED) is 0.735. The Bertz CT molecular complexity index is 897. The zero-order valence-electron chi connectivity index (χ0n) is 13.4. The van der Waals surface area contributed by atoms with Gasteiger partial charge in [-0.3, -0.25) is 0 Å². The van der Waals surface area contributed by atoms with E-state index in [2.05, 4.69) is 29.1 Å². The van der Waals surface area contributed by atoms with Crippen molar-refractivity contribution in [1.82, 2.24) is 19.2 Å². The van der Waals surface area contributed by atoms with Crippen molar-refractivity contribution < 1.29 is 4.90 Å². The molecule has 0 aliphatic carbocycles. The zero-order chi connectivity index (χ0) is 16.6. The lowest BCUT2D eigenvalue weighted by molar-refractivity contribution is -0.917. The third-order valence-corrected chi connectivity index (χ3v) is 4.27. The molecule has 2 heterocycles. The van der Waals surface area contributed by atoms with Crippen molar-refractivity contribution in [3.63, 3.8) is 0 Å². The van der Waals surface area contributed by atoms with Gasteiger partial charge in [0.05, 0.1) is 7.05 Å². The summed E-state index contributed by atoms with van der Waals surface area (Å²) in [5, 5.41) is 0.757. The van der Waals surface area contributed by atoms with E-state index in [1.807, 2.05) is 41.2 Å². The summed E-state index contributed by atoms with van der Waals surface area (Å²) in [6.45, 7) is 5.61. The highest BCUT2D eigenvalue weighted by Gasteiger charge is 2.12. The van der Waals surface area contributed by atoms with Gasteiger partial charge in [-0.05, 0) is 44.3 Å². The van der Waals surface area contributed by atoms with E-state index in [1.54, 1.807) is 0 Å². The summed E-state index contributed by atoms with van der Waals surface area (Å²) < 4.78 is 4.54. The van der Waals surface area contributed by atoms with Crippen molar-refractivity contribution in [3.05, 3.63) is 57.1 Å². The molecule has 5 nitrogen and oxygen atoms in total. The molecule has 3 rings (SSSR count). The Balaban J connectivity index is 1.87. The van der Waals surface area contributed by atoms with Gasteiger partial charge in [0.2, 0.25) is 4.77 Å². The molecule has 0 bridgehead atoms. The van der Waals surface area contributed by atoms with Crippen molar-refractivity contribution in [2.45, 2.75) is 27.1 Å². The first-order chi connectivity index (χ1) is 10.9. The van der Waals surface area contributed by atoms with Crippen LogP contribution in [0.4, 0.5) is 0 Å². The van der Waals surface area contributed by atoms with Crippen LogP contribution in [0, 0.1) is 18.6 Å². The molecule has 1 atom stereocenters. The molecule has 0 amide bonds. The minimum absolute atomic E-state index is 0.557. The van der Waals surface area contributed by atoms with Crippen LogP contribution in [0.25, 0.3) is 5.78 Å². The van der Waals surface area contributed by atoms with Crippen molar-refractivity contribution >= 4 is 29.6 Å². The van der Waals surface area contributed by atoms with Gasteiger partial charge < -0.3 is 4.90 Å². The van der Waals surface area contributed by atoms with E-state index < -0.39 is 0 Å². The number of aromatic nitrogens is 4. The molecule has 1 unspecified atom stereocenters. The molecule has 0 aliphatic rings. The minimum Gasteiger partial charge on any atom is -0.315 e. The number of quaternary nitrogens is 1. The highest BCUT2D eigenvalue weighted by Crippen LogP contribution is 2.09. The molecule has 1 N–H and O–H groups in total. The van der Waals surface area contributed by atoms with Gasteiger partial charge in [-0.1, -0.05) is 23.7 Å². The fourth-order valence-electron chi connectivity index (χ4n) is 2.76. The maximum atomic E-state index is 5.94. The predicted molar refractivity (Wildman–Crippen MR) is 93.3 cm³/mol. The molecule has 7 heteroatoms. The smallest absolute Gasteiger partial charge is 0.252 e. The van der Waals surface area contributed by atoms with E-state index in [0.717, 1.165) is 23.0 Å². The molecule has 0 spiro atoms. The van der Waals surface area contributed by atoms with E-state index in [0.29, 0.717) is 17.2 Å². The largest absolute Gasteiger partial charge is 0.315 e. The zero-order valence-corrected chi connectivity index (χ0v) is 14.9. The maximum absolute atomic E-state index is 5.94. The van der Waals surface area contributed by atoms with Gasteiger partial charge >= 0.3 is 0 Å². The van der Waals surface area contributed by atoms with Crippen LogP contribution in [0.1, 0.15) is 17.0 Å². The number of rotatable bonds is 4. The average Bonchev–Trinajstić information content (AvgIpc) is 2.77. The lowest BCUT2D eigenvalue weighted by Gasteiger charge is -2.16. The summed E-state index contributed by atoms with van der Waals surface area (Å²) in [5.41, 5.74) is 3.26. The number of hydrogen-bond donors (Lipinski definition) is 1. The molecule has 3 aromatic rings. The van der Waals surface area contributed by atoms with Crippen molar-refractivity contribution in [2.75, 3.05) is 7.05 Å². The van der Waals surface area contributed by atoms with Gasteiger partial charge in [-0.25, -0.2) is 14.2 Å². The highest BCUT2D eigenvalue weighted by molar-refractivity contribution is 7.71. The van der Waals surface area contributed by atoms with E-state index in [1.165, 1.54) is 10.5 Å². The second-order valence-electron chi connectivity index (χ2n) is 5.86. The van der Waals surface area contributed by atoms with Gasteiger partial charge in [0.1, 0.15) is 6.54 Å². The molecule has 0 radical (unpaired) electrons. The molecule has 2 aromatic heterocycles. The highest BCUT2D eigenvalue weighted by atomic mass is 35.5. The van der Waals surface area contributed by atoms with E-state index in [4.69, 9.17) is 23.8 Å². The summed E-state index contributed by atoms with van der Waals surface area (Å²) in [6.07, 6.45) is 0. The van der Waals surface area contributed by atoms with Crippen LogP contribution in [0.5, 0.6) is 0 Å². The number of nitrogens with zero attached hydrogens (tertiary/aromatic N) is 4. The molecule has 0 fully saturated rings. The van der Waals surface area contributed by atoms with Crippen LogP contribution in [-0.2, 0) is 13.2 Å². The lowest BCUT2D eigenvalue weighted by atomic mass is 10.2. The number of halogens is 1. The van der Waals surface area contributed by atoms with Crippen LogP contribution in [0.15, 0.2) is 30.3 Å². The molecule has 0 aliphatic heterocycles. The molecular formula is C16H19ClN5S+. The Kier molecular flexibility index (Phi) is 4.48. The molecule has 1 aromatic carbocycles. The average molecular weight is 349 g/mol. The summed E-state index contributed by atoms with van der Waals surface area (Å²) in [5.74, 6) is 0.659. The lowest BCUT2D eigenvalue weighted by Crippen LogP contribution is -3.07. The van der Waals surface area contributed by atoms with Crippen molar-refractivity contribution in [2.24, 2.45) is 0 Å². The van der Waals surface area contributed by atoms with Gasteiger partial charge in [0.25, 0.3) is 5.78 Å². The standard InChI is InChI=1S/C16H18ClN5S/c1-11-8-12(2)22-15(18-11)19-16(23)21(22)10-20(3)9-13-4-6-14(17)7-5-13/h4-8H,9-10H2,1-3H3/p+1. The van der Waals surface area contributed by atoms with Gasteiger partial charge in [-0.15, -0.1) is 0 Å². The second-order valence-corrected chi connectivity index (χ2v) is 6.66. The molecule has 0 saturated carbocycles. The summed E-state index contributed by atoms with van der Waals surface area (Å²) >= 11 is 11.4. The van der Waals surface area contributed by atoms with Gasteiger partial charge in [0, 0.05) is 22.0 Å². The van der Waals surface area contributed by atoms with E-state index in [-0.39, 0.29) is 0 Å². The minimum atomic E-state index is 0.557. The third kappa shape index (κ3) is 3.44. The summed E-state index contributed by atoms with van der Waals surface area (Å²) in [6, 6.07) is 9.97. The SMILES string of the molecule is Cc1cc(C)n2c(n1)nc(=S)n2C[NH+](C)Cc1ccc(Cl)cc1. The van der Waals surface area contributed by atoms with Crippen LogP contribution in [0.2, 0.25) is 5.02 Å². The van der Waals surface area contributed by atoms with Gasteiger partial charge in [0.15, 0.2) is 6.67 Å². The number of benzene rings is 1. The fourth-order valence-corrected chi connectivity index (χ4v) is 3.11. The summed E-state index contributed by atoms with van der Waals surface area (Å²) in [4.78, 5) is 10.2. The van der Waals surface area contributed by atoms with Crippen LogP contribution in [0.3, 0.4) is 0 Å². The van der Waals surface area contributed by atoms with Crippen LogP contribution >= 0.6 is 23.8 Å². The third-order valence-electron chi connectivity index (χ3n) is 3.71. The number of fused-ring (bicyclic) bond motifs is 1. The Hall–Kier alpha value is -1.76. The first-order valence-electron chi connectivity index (χ1n) is 7.43. The number of hydrogen-bond acceptors (Lipinski definition) is 3. The molecule has 120 valence electrons. The first kappa shape index (κ1) is 16.1. The first-order valence-corrected chi connectivity index (χ1v) is 8.22. The van der Waals surface area contributed by atoms with Crippen molar-refractivity contribution in [1.29, 1.82) is 0 Å². The van der Waals surface area contributed by atoms with E-state index >= 15 is 0 Å². The van der Waals surface area contributed by atoms with Crippen molar-refractivity contribution in [3.8, 4) is 0 Å². The topological polar surface area (TPSA) is 39.6 Å². The normalized spacial score (nSPS) is 12.7. The van der Waals surface area contributed by atoms with Crippen LogP contribution < -0.4 is 4.90 Å².